The highest BCUT2D eigenvalue weighted by atomic mass is 19.1. The van der Waals surface area contributed by atoms with Crippen LogP contribution < -0.4 is 5.32 Å². The highest BCUT2D eigenvalue weighted by Gasteiger charge is 2.37. The number of halogens is 2. The average Bonchev–Trinajstić information content (AvgIpc) is 2.42. The number of rotatable bonds is 7. The van der Waals surface area contributed by atoms with Gasteiger partial charge in [-0.05, 0) is 58.6 Å². The van der Waals surface area contributed by atoms with Crippen LogP contribution >= 0.6 is 0 Å². The molecule has 2 unspecified atom stereocenters. The number of nitrogens with one attached hydrogen (secondary N) is 1. The van der Waals surface area contributed by atoms with Crippen LogP contribution in [0, 0.1) is 11.6 Å². The first kappa shape index (κ1) is 17.1. The Morgan fingerprint density at radius 3 is 2.40 bits per heavy atom. The number of likely N-dealkylation sites (N-methyl/N-ethyl adjacent to an activating group) is 1. The van der Waals surface area contributed by atoms with Crippen LogP contribution in [-0.4, -0.2) is 31.1 Å². The molecule has 114 valence electrons. The quantitative estimate of drug-likeness (QED) is 0.820. The minimum absolute atomic E-state index is 0.252. The van der Waals surface area contributed by atoms with Gasteiger partial charge in [0.1, 0.15) is 11.6 Å². The number of nitrogens with zero attached hydrogens (tertiary/aromatic N) is 1. The molecule has 1 rings (SSSR count). The lowest BCUT2D eigenvalue weighted by atomic mass is 9.83. The fraction of sp³-hybridized carbons (Fsp3) is 0.625. The summed E-state index contributed by atoms with van der Waals surface area (Å²) in [7, 11) is 3.95. The van der Waals surface area contributed by atoms with E-state index in [1.165, 1.54) is 12.1 Å². The van der Waals surface area contributed by atoms with Gasteiger partial charge in [-0.25, -0.2) is 8.78 Å². The zero-order chi connectivity index (χ0) is 15.3. The standard InChI is InChI=1S/C16H26F2N2/c1-6-10-19-15(16(3,7-2)20(4)5)13-11-12(17)8-9-14(13)18/h8-9,11,15,19H,6-7,10H2,1-5H3. The van der Waals surface area contributed by atoms with Crippen LogP contribution in [-0.2, 0) is 0 Å². The minimum atomic E-state index is -0.401. The van der Waals surface area contributed by atoms with Crippen LogP contribution in [0.25, 0.3) is 0 Å². The summed E-state index contributed by atoms with van der Waals surface area (Å²) in [5.41, 5.74) is 0.112. The van der Waals surface area contributed by atoms with Crippen molar-refractivity contribution >= 4 is 0 Å². The molecule has 0 radical (unpaired) electrons. The molecule has 0 amide bonds. The summed E-state index contributed by atoms with van der Waals surface area (Å²) in [6.07, 6.45) is 1.78. The van der Waals surface area contributed by atoms with Gasteiger partial charge in [-0.1, -0.05) is 13.8 Å². The lowest BCUT2D eigenvalue weighted by Crippen LogP contribution is -2.51. The molecule has 0 aliphatic heterocycles. The SMILES string of the molecule is CCCNC(c1cc(F)ccc1F)C(C)(CC)N(C)C. The Labute approximate surface area is 121 Å². The van der Waals surface area contributed by atoms with Crippen LogP contribution in [0.1, 0.15) is 45.2 Å². The Morgan fingerprint density at radius 1 is 1.25 bits per heavy atom. The third-order valence-electron chi connectivity index (χ3n) is 4.23. The summed E-state index contributed by atoms with van der Waals surface area (Å²) >= 11 is 0. The molecular weight excluding hydrogens is 258 g/mol. The van der Waals surface area contributed by atoms with Crippen molar-refractivity contribution in [3.05, 3.63) is 35.4 Å². The second kappa shape index (κ2) is 7.14. The summed E-state index contributed by atoms with van der Waals surface area (Å²) in [6.45, 7) is 6.97. The average molecular weight is 284 g/mol. The van der Waals surface area contributed by atoms with Gasteiger partial charge >= 0.3 is 0 Å². The number of hydrogen-bond acceptors (Lipinski definition) is 2. The van der Waals surface area contributed by atoms with Gasteiger partial charge in [-0.3, -0.25) is 0 Å². The minimum Gasteiger partial charge on any atom is -0.308 e. The second-order valence-electron chi connectivity index (χ2n) is 5.66. The Hall–Kier alpha value is -1.00. The Bertz CT molecular complexity index is 434. The van der Waals surface area contributed by atoms with Crippen molar-refractivity contribution in [1.29, 1.82) is 0 Å². The maximum absolute atomic E-state index is 14.2. The number of benzene rings is 1. The highest BCUT2D eigenvalue weighted by Crippen LogP contribution is 2.34. The van der Waals surface area contributed by atoms with Crippen LogP contribution in [0.15, 0.2) is 18.2 Å². The van der Waals surface area contributed by atoms with Crippen LogP contribution in [0.5, 0.6) is 0 Å². The smallest absolute Gasteiger partial charge is 0.128 e. The van der Waals surface area contributed by atoms with E-state index in [0.29, 0.717) is 5.56 Å². The summed E-state index contributed by atoms with van der Waals surface area (Å²) in [4.78, 5) is 2.07. The van der Waals surface area contributed by atoms with Gasteiger partial charge in [0, 0.05) is 11.1 Å². The maximum Gasteiger partial charge on any atom is 0.128 e. The molecule has 0 aromatic heterocycles. The molecule has 0 saturated carbocycles. The van der Waals surface area contributed by atoms with Gasteiger partial charge in [0.05, 0.1) is 6.04 Å². The van der Waals surface area contributed by atoms with E-state index in [4.69, 9.17) is 0 Å². The van der Waals surface area contributed by atoms with E-state index in [2.05, 4.69) is 31.0 Å². The molecule has 0 heterocycles. The highest BCUT2D eigenvalue weighted by molar-refractivity contribution is 5.26. The Morgan fingerprint density at radius 2 is 1.90 bits per heavy atom. The van der Waals surface area contributed by atoms with Gasteiger partial charge in [0.25, 0.3) is 0 Å². The van der Waals surface area contributed by atoms with Crippen molar-refractivity contribution in [3.8, 4) is 0 Å². The molecule has 0 aliphatic rings. The predicted molar refractivity (Wildman–Crippen MR) is 79.8 cm³/mol. The van der Waals surface area contributed by atoms with Gasteiger partial charge in [-0.15, -0.1) is 0 Å². The molecule has 20 heavy (non-hydrogen) atoms. The molecule has 1 aromatic rings. The van der Waals surface area contributed by atoms with Crippen molar-refractivity contribution in [1.82, 2.24) is 10.2 Å². The monoisotopic (exact) mass is 284 g/mol. The fourth-order valence-electron chi connectivity index (χ4n) is 2.47. The third-order valence-corrected chi connectivity index (χ3v) is 4.23. The van der Waals surface area contributed by atoms with Gasteiger partial charge in [0.2, 0.25) is 0 Å². The van der Waals surface area contributed by atoms with Crippen LogP contribution in [0.3, 0.4) is 0 Å². The Kier molecular flexibility index (Phi) is 6.08. The Balaban J connectivity index is 3.27. The zero-order valence-corrected chi connectivity index (χ0v) is 13.1. The van der Waals surface area contributed by atoms with E-state index < -0.39 is 5.82 Å². The van der Waals surface area contributed by atoms with Crippen molar-refractivity contribution in [2.24, 2.45) is 0 Å². The van der Waals surface area contributed by atoms with Gasteiger partial charge in [0.15, 0.2) is 0 Å². The molecule has 1 N–H and O–H groups in total. The van der Waals surface area contributed by atoms with Gasteiger partial charge < -0.3 is 10.2 Å². The third kappa shape index (κ3) is 3.55. The van der Waals surface area contributed by atoms with Crippen LogP contribution in [0.4, 0.5) is 8.78 Å². The van der Waals surface area contributed by atoms with Crippen LogP contribution in [0.2, 0.25) is 0 Å². The molecule has 2 atom stereocenters. The summed E-state index contributed by atoms with van der Waals surface area (Å²) in [5.74, 6) is -0.761. The van der Waals surface area contributed by atoms with E-state index in [1.807, 2.05) is 14.1 Å². The lowest BCUT2D eigenvalue weighted by molar-refractivity contribution is 0.111. The van der Waals surface area contributed by atoms with E-state index in [9.17, 15) is 8.78 Å². The topological polar surface area (TPSA) is 15.3 Å². The molecule has 0 spiro atoms. The van der Waals surface area contributed by atoms with E-state index in [0.717, 1.165) is 25.5 Å². The number of hydrogen-bond donors (Lipinski definition) is 1. The normalized spacial score (nSPS) is 16.2. The molecule has 0 bridgehead atoms. The van der Waals surface area contributed by atoms with Crippen molar-refractivity contribution < 1.29 is 8.78 Å². The first-order chi connectivity index (χ1) is 9.36. The fourth-order valence-corrected chi connectivity index (χ4v) is 2.47. The molecule has 2 nitrogen and oxygen atoms in total. The first-order valence-electron chi connectivity index (χ1n) is 7.22. The zero-order valence-electron chi connectivity index (χ0n) is 13.1. The van der Waals surface area contributed by atoms with Crippen molar-refractivity contribution in [3.63, 3.8) is 0 Å². The molecule has 0 aliphatic carbocycles. The molecule has 1 aromatic carbocycles. The largest absolute Gasteiger partial charge is 0.308 e. The van der Waals surface area contributed by atoms with E-state index >= 15 is 0 Å². The summed E-state index contributed by atoms with van der Waals surface area (Å²) in [6, 6.07) is 3.42. The molecule has 0 saturated heterocycles. The lowest BCUT2D eigenvalue weighted by Gasteiger charge is -2.43. The van der Waals surface area contributed by atoms with E-state index in [1.54, 1.807) is 0 Å². The first-order valence-corrected chi connectivity index (χ1v) is 7.22. The van der Waals surface area contributed by atoms with Crippen molar-refractivity contribution in [2.45, 2.75) is 45.2 Å². The maximum atomic E-state index is 14.2. The second-order valence-corrected chi connectivity index (χ2v) is 5.66. The summed E-state index contributed by atoms with van der Waals surface area (Å²) in [5, 5.41) is 3.38. The van der Waals surface area contributed by atoms with Gasteiger partial charge in [-0.2, -0.15) is 0 Å². The molecule has 4 heteroatoms. The molecule has 0 fully saturated rings. The summed E-state index contributed by atoms with van der Waals surface area (Å²) < 4.78 is 27.7. The predicted octanol–water partition coefficient (Wildman–Crippen LogP) is 3.74. The molecular formula is C16H26F2N2. The van der Waals surface area contributed by atoms with Crippen molar-refractivity contribution in [2.75, 3.05) is 20.6 Å². The van der Waals surface area contributed by atoms with E-state index in [-0.39, 0.29) is 17.4 Å².